The highest BCUT2D eigenvalue weighted by Crippen LogP contribution is 2.42. The monoisotopic (exact) mass is 553 g/mol. The van der Waals surface area contributed by atoms with Crippen LogP contribution < -0.4 is 19.9 Å². The summed E-state index contributed by atoms with van der Waals surface area (Å²) in [5, 5.41) is 3.49. The van der Waals surface area contributed by atoms with E-state index in [-0.39, 0.29) is 36.3 Å². The summed E-state index contributed by atoms with van der Waals surface area (Å²) in [5.41, 5.74) is 5.18. The summed E-state index contributed by atoms with van der Waals surface area (Å²) < 4.78 is 11.0. The molecule has 0 aromatic heterocycles. The molecule has 3 aliphatic rings. The minimum absolute atomic E-state index is 0.0410. The fourth-order valence-electron chi connectivity index (χ4n) is 6.23. The van der Waals surface area contributed by atoms with E-state index < -0.39 is 0 Å². The first-order chi connectivity index (χ1) is 20.1. The highest BCUT2D eigenvalue weighted by atomic mass is 16.5. The minimum Gasteiger partial charge on any atom is -0.482 e. The number of piperidine rings is 1. The smallest absolute Gasteiger partial charge is 0.265 e. The maximum atomic E-state index is 14.4. The third kappa shape index (κ3) is 6.02. The first kappa shape index (κ1) is 27.5. The predicted octanol–water partition coefficient (Wildman–Crippen LogP) is 5.39. The van der Waals surface area contributed by atoms with Crippen LogP contribution >= 0.6 is 0 Å². The van der Waals surface area contributed by atoms with E-state index in [9.17, 15) is 9.59 Å². The van der Waals surface area contributed by atoms with E-state index in [0.29, 0.717) is 25.4 Å². The second kappa shape index (κ2) is 12.5. The van der Waals surface area contributed by atoms with Gasteiger partial charge in [-0.15, -0.1) is 0 Å². The maximum Gasteiger partial charge on any atom is 0.265 e. The second-order valence-corrected chi connectivity index (χ2v) is 11.3. The van der Waals surface area contributed by atoms with Gasteiger partial charge in [0.25, 0.3) is 5.91 Å². The van der Waals surface area contributed by atoms with E-state index in [1.807, 2.05) is 34.1 Å². The van der Waals surface area contributed by atoms with Crippen molar-refractivity contribution < 1.29 is 19.1 Å². The van der Waals surface area contributed by atoms with Gasteiger partial charge in [0.1, 0.15) is 5.75 Å². The van der Waals surface area contributed by atoms with Gasteiger partial charge in [0.15, 0.2) is 6.61 Å². The van der Waals surface area contributed by atoms with Crippen molar-refractivity contribution in [3.8, 4) is 16.9 Å². The summed E-state index contributed by atoms with van der Waals surface area (Å²) in [7, 11) is 1.69. The summed E-state index contributed by atoms with van der Waals surface area (Å²) in [6, 6.07) is 25.2. The SMILES string of the molecule is COCCCCN1C(=O)COc2ccc(N(C(=O)C3CNCC[C@@H]3c3cccc(-c4ccccc4)c3)C3CC3)cc21. The average molecular weight is 554 g/mol. The second-order valence-electron chi connectivity index (χ2n) is 11.3. The summed E-state index contributed by atoms with van der Waals surface area (Å²) >= 11 is 0. The molecule has 1 saturated carbocycles. The maximum absolute atomic E-state index is 14.4. The number of hydrogen-bond donors (Lipinski definition) is 1. The molecular weight excluding hydrogens is 514 g/mol. The van der Waals surface area contributed by atoms with Gasteiger partial charge in [-0.1, -0.05) is 54.6 Å². The summed E-state index contributed by atoms with van der Waals surface area (Å²) in [6.07, 6.45) is 4.62. The Morgan fingerprint density at radius 2 is 1.83 bits per heavy atom. The van der Waals surface area contributed by atoms with Crippen molar-refractivity contribution in [3.05, 3.63) is 78.4 Å². The van der Waals surface area contributed by atoms with E-state index in [4.69, 9.17) is 9.47 Å². The molecular formula is C34H39N3O4. The molecule has 3 aromatic rings. The third-order valence-electron chi connectivity index (χ3n) is 8.51. The zero-order valence-corrected chi connectivity index (χ0v) is 23.8. The summed E-state index contributed by atoms with van der Waals surface area (Å²) in [5.74, 6) is 0.761. The molecule has 0 spiro atoms. The fraction of sp³-hybridized carbons (Fsp3) is 0.412. The van der Waals surface area contributed by atoms with Gasteiger partial charge in [0.2, 0.25) is 5.91 Å². The number of nitrogens with one attached hydrogen (secondary N) is 1. The third-order valence-corrected chi connectivity index (χ3v) is 8.51. The molecule has 41 heavy (non-hydrogen) atoms. The van der Waals surface area contributed by atoms with Gasteiger partial charge in [0, 0.05) is 38.5 Å². The van der Waals surface area contributed by atoms with Crippen LogP contribution in [0.3, 0.4) is 0 Å². The zero-order valence-electron chi connectivity index (χ0n) is 23.8. The molecule has 2 atom stereocenters. The minimum atomic E-state index is -0.172. The molecule has 2 aliphatic heterocycles. The standard InChI is InChI=1S/C34H39N3O4/c1-40-19-6-5-18-36-31-21-28(14-15-32(31)41-23-33(36)38)37(27-12-13-27)34(39)30-22-35-17-16-29(30)26-11-7-10-25(20-26)24-8-3-2-4-9-24/h2-4,7-11,14-15,20-21,27,29-30,35H,5-6,12-13,16-19,22-23H2,1H3/t29-,30?/m1/s1. The number of nitrogens with zero attached hydrogens (tertiary/aromatic N) is 2. The summed E-state index contributed by atoms with van der Waals surface area (Å²) in [6.45, 7) is 2.86. The zero-order chi connectivity index (χ0) is 28.2. The molecule has 0 bridgehead atoms. The van der Waals surface area contributed by atoms with Crippen LogP contribution in [-0.2, 0) is 14.3 Å². The molecule has 1 saturated heterocycles. The van der Waals surface area contributed by atoms with Gasteiger partial charge in [-0.25, -0.2) is 0 Å². The molecule has 3 aromatic carbocycles. The van der Waals surface area contributed by atoms with E-state index >= 15 is 0 Å². The van der Waals surface area contributed by atoms with E-state index in [1.54, 1.807) is 7.11 Å². The summed E-state index contributed by atoms with van der Waals surface area (Å²) in [4.78, 5) is 31.1. The molecule has 2 fully saturated rings. The molecule has 1 N–H and O–H groups in total. The van der Waals surface area contributed by atoms with Crippen molar-refractivity contribution in [2.75, 3.05) is 49.8 Å². The Balaban J connectivity index is 1.28. The molecule has 1 unspecified atom stereocenters. The van der Waals surface area contributed by atoms with Gasteiger partial charge >= 0.3 is 0 Å². The van der Waals surface area contributed by atoms with Crippen LogP contribution in [0.2, 0.25) is 0 Å². The van der Waals surface area contributed by atoms with Gasteiger partial charge in [-0.3, -0.25) is 9.59 Å². The molecule has 6 rings (SSSR count). The Kier molecular flexibility index (Phi) is 8.35. The Hall–Kier alpha value is -3.68. The molecule has 1 aliphatic carbocycles. The fourth-order valence-corrected chi connectivity index (χ4v) is 6.23. The van der Waals surface area contributed by atoms with Crippen LogP contribution in [0.4, 0.5) is 11.4 Å². The van der Waals surface area contributed by atoms with Crippen molar-refractivity contribution in [3.63, 3.8) is 0 Å². The Labute approximate surface area is 242 Å². The number of amides is 2. The number of fused-ring (bicyclic) bond motifs is 1. The van der Waals surface area contributed by atoms with Crippen LogP contribution in [0.25, 0.3) is 11.1 Å². The molecule has 2 amide bonds. The van der Waals surface area contributed by atoms with Crippen LogP contribution in [-0.4, -0.2) is 57.8 Å². The van der Waals surface area contributed by atoms with E-state index in [0.717, 1.165) is 50.0 Å². The van der Waals surface area contributed by atoms with Crippen molar-refractivity contribution in [1.82, 2.24) is 5.32 Å². The number of rotatable bonds is 10. The van der Waals surface area contributed by atoms with Gasteiger partial charge < -0.3 is 24.6 Å². The van der Waals surface area contributed by atoms with Crippen molar-refractivity contribution in [1.29, 1.82) is 0 Å². The van der Waals surface area contributed by atoms with Gasteiger partial charge in [-0.2, -0.15) is 0 Å². The van der Waals surface area contributed by atoms with Crippen LogP contribution in [0.5, 0.6) is 5.75 Å². The number of carbonyl (C=O) groups excluding carboxylic acids is 2. The first-order valence-electron chi connectivity index (χ1n) is 14.9. The number of unbranched alkanes of at least 4 members (excludes halogenated alkanes) is 1. The number of benzene rings is 3. The molecule has 0 radical (unpaired) electrons. The number of anilines is 2. The lowest BCUT2D eigenvalue weighted by molar-refractivity contribution is -0.123. The van der Waals surface area contributed by atoms with Crippen molar-refractivity contribution >= 4 is 23.2 Å². The number of carbonyl (C=O) groups is 2. The lowest BCUT2D eigenvalue weighted by Crippen LogP contribution is -2.47. The quantitative estimate of drug-likeness (QED) is 0.341. The normalized spacial score (nSPS) is 20.3. The predicted molar refractivity (Wildman–Crippen MR) is 162 cm³/mol. The topological polar surface area (TPSA) is 71.1 Å². The largest absolute Gasteiger partial charge is 0.482 e. The highest BCUT2D eigenvalue weighted by Gasteiger charge is 2.41. The Morgan fingerprint density at radius 3 is 2.63 bits per heavy atom. The average Bonchev–Trinajstić information content (AvgIpc) is 3.86. The van der Waals surface area contributed by atoms with Crippen LogP contribution in [0.1, 0.15) is 43.6 Å². The lowest BCUT2D eigenvalue weighted by Gasteiger charge is -2.36. The van der Waals surface area contributed by atoms with Crippen LogP contribution in [0, 0.1) is 5.92 Å². The number of hydrogen-bond acceptors (Lipinski definition) is 5. The molecule has 7 nitrogen and oxygen atoms in total. The molecule has 7 heteroatoms. The van der Waals surface area contributed by atoms with E-state index in [2.05, 4.69) is 53.8 Å². The van der Waals surface area contributed by atoms with Crippen molar-refractivity contribution in [2.24, 2.45) is 5.92 Å². The van der Waals surface area contributed by atoms with Gasteiger partial charge in [-0.05, 0) is 79.5 Å². The Morgan fingerprint density at radius 1 is 1.00 bits per heavy atom. The number of ether oxygens (including phenoxy) is 2. The Bertz CT molecular complexity index is 1370. The van der Waals surface area contributed by atoms with Crippen LogP contribution in [0.15, 0.2) is 72.8 Å². The van der Waals surface area contributed by atoms with E-state index in [1.165, 1.54) is 16.7 Å². The van der Waals surface area contributed by atoms with Crippen molar-refractivity contribution in [2.45, 2.75) is 44.1 Å². The first-order valence-corrected chi connectivity index (χ1v) is 14.9. The number of methoxy groups -OCH3 is 1. The molecule has 2 heterocycles. The van der Waals surface area contributed by atoms with Gasteiger partial charge in [0.05, 0.1) is 11.6 Å². The highest BCUT2D eigenvalue weighted by molar-refractivity contribution is 6.01. The lowest BCUT2D eigenvalue weighted by atomic mass is 9.79. The molecule has 214 valence electrons.